The van der Waals surface area contributed by atoms with E-state index in [4.69, 9.17) is 4.74 Å². The maximum absolute atomic E-state index is 11.5. The average Bonchev–Trinajstić information content (AvgIpc) is 2.67. The zero-order valence-corrected chi connectivity index (χ0v) is 7.57. The molecule has 3 aliphatic rings. The molecule has 2 bridgehead atoms. The maximum Gasteiger partial charge on any atom is 0.315 e. The van der Waals surface area contributed by atoms with E-state index in [0.717, 1.165) is 0 Å². The van der Waals surface area contributed by atoms with Crippen LogP contribution in [0.25, 0.3) is 0 Å². The second-order valence-electron chi connectivity index (χ2n) is 4.34. The smallest absolute Gasteiger partial charge is 0.315 e. The maximum atomic E-state index is 11.5. The van der Waals surface area contributed by atoms with Crippen molar-refractivity contribution < 1.29 is 9.53 Å². The first kappa shape index (κ1) is 7.36. The Balaban J connectivity index is 2.09. The van der Waals surface area contributed by atoms with Crippen LogP contribution >= 0.6 is 0 Å². The van der Waals surface area contributed by atoms with Crippen LogP contribution < -0.4 is 0 Å². The molecule has 2 heteroatoms. The number of esters is 1. The van der Waals surface area contributed by atoms with Crippen LogP contribution in [0, 0.1) is 29.6 Å². The minimum Gasteiger partial charge on any atom is -0.431 e. The second-order valence-corrected chi connectivity index (χ2v) is 4.34. The molecule has 0 aromatic rings. The number of fused-ring (bicyclic) bond motifs is 5. The highest BCUT2D eigenvalue weighted by atomic mass is 16.5. The highest BCUT2D eigenvalue weighted by molar-refractivity contribution is 5.79. The molecule has 5 unspecified atom stereocenters. The van der Waals surface area contributed by atoms with Crippen molar-refractivity contribution in [2.45, 2.75) is 6.92 Å². The molecule has 1 heterocycles. The van der Waals surface area contributed by atoms with Crippen molar-refractivity contribution in [1.82, 2.24) is 0 Å². The third-order valence-corrected chi connectivity index (χ3v) is 3.86. The molecule has 0 aromatic carbocycles. The number of allylic oxidation sites excluding steroid dienone is 3. The lowest BCUT2D eigenvalue weighted by molar-refractivity contribution is -0.140. The number of carbonyl (C=O) groups excluding carboxylic acids is 1. The van der Waals surface area contributed by atoms with Gasteiger partial charge >= 0.3 is 5.97 Å². The number of rotatable bonds is 0. The van der Waals surface area contributed by atoms with Gasteiger partial charge in [-0.25, -0.2) is 0 Å². The molecule has 1 saturated heterocycles. The Labute approximate surface area is 77.3 Å². The number of hydrogen-bond acceptors (Lipinski definition) is 2. The Bertz CT molecular complexity index is 299. The monoisotopic (exact) mass is 176 g/mol. The molecular formula is C11H12O2. The normalized spacial score (nSPS) is 51.3. The standard InChI is InChI=1S/C11H12O2/c1-5-7-3-4-8(5)10-9(7)6(2)13-11(10)12/h3-5,7-10H,2H2,1H3. The number of carbonyl (C=O) groups is 1. The van der Waals surface area contributed by atoms with Crippen LogP contribution in [-0.2, 0) is 9.53 Å². The molecule has 2 aliphatic carbocycles. The summed E-state index contributed by atoms with van der Waals surface area (Å²) < 4.78 is 5.08. The van der Waals surface area contributed by atoms with Crippen LogP contribution in [0.2, 0.25) is 0 Å². The van der Waals surface area contributed by atoms with Crippen LogP contribution in [0.1, 0.15) is 6.92 Å². The van der Waals surface area contributed by atoms with Crippen molar-refractivity contribution >= 4 is 5.97 Å². The second kappa shape index (κ2) is 2.06. The molecule has 2 nitrogen and oxygen atoms in total. The van der Waals surface area contributed by atoms with Crippen LogP contribution in [0.5, 0.6) is 0 Å². The molecule has 0 amide bonds. The molecule has 13 heavy (non-hydrogen) atoms. The van der Waals surface area contributed by atoms with E-state index < -0.39 is 0 Å². The first-order valence-corrected chi connectivity index (χ1v) is 4.79. The zero-order chi connectivity index (χ0) is 9.16. The first-order chi connectivity index (χ1) is 6.20. The molecule has 0 radical (unpaired) electrons. The van der Waals surface area contributed by atoms with E-state index in [0.29, 0.717) is 23.5 Å². The minimum absolute atomic E-state index is 0.0568. The van der Waals surface area contributed by atoms with Gasteiger partial charge in [0.15, 0.2) is 0 Å². The molecule has 0 spiro atoms. The molecule has 2 fully saturated rings. The number of cyclic esters (lactones) is 1. The summed E-state index contributed by atoms with van der Waals surface area (Å²) in [5, 5.41) is 0. The van der Waals surface area contributed by atoms with Gasteiger partial charge in [-0.15, -0.1) is 0 Å². The SMILES string of the molecule is C=C1OC(=O)C2C3C=CC(C3C)C12. The summed E-state index contributed by atoms with van der Waals surface area (Å²) in [6, 6.07) is 0. The molecule has 1 aliphatic heterocycles. The quantitative estimate of drug-likeness (QED) is 0.415. The summed E-state index contributed by atoms with van der Waals surface area (Å²) in [4.78, 5) is 11.5. The molecular weight excluding hydrogens is 164 g/mol. The molecule has 3 rings (SSSR count). The Morgan fingerprint density at radius 2 is 1.92 bits per heavy atom. The fraction of sp³-hybridized carbons (Fsp3) is 0.545. The Hall–Kier alpha value is -1.05. The number of hydrogen-bond donors (Lipinski definition) is 0. The Kier molecular flexibility index (Phi) is 1.17. The van der Waals surface area contributed by atoms with E-state index >= 15 is 0 Å². The van der Waals surface area contributed by atoms with Gasteiger partial charge in [-0.1, -0.05) is 25.7 Å². The molecule has 0 aromatic heterocycles. The molecule has 5 atom stereocenters. The van der Waals surface area contributed by atoms with E-state index in [2.05, 4.69) is 25.7 Å². The summed E-state index contributed by atoms with van der Waals surface area (Å²) in [7, 11) is 0. The average molecular weight is 176 g/mol. The van der Waals surface area contributed by atoms with Gasteiger partial charge in [0, 0.05) is 5.92 Å². The van der Waals surface area contributed by atoms with Crippen molar-refractivity contribution in [3.63, 3.8) is 0 Å². The summed E-state index contributed by atoms with van der Waals surface area (Å²) in [6.45, 7) is 6.04. The molecule has 1 saturated carbocycles. The summed E-state index contributed by atoms with van der Waals surface area (Å²) in [5.74, 6) is 2.49. The highest BCUT2D eigenvalue weighted by Gasteiger charge is 2.58. The van der Waals surface area contributed by atoms with Gasteiger partial charge in [0.05, 0.1) is 5.92 Å². The van der Waals surface area contributed by atoms with E-state index in [9.17, 15) is 4.79 Å². The predicted octanol–water partition coefficient (Wildman–Crippen LogP) is 1.74. The Morgan fingerprint density at radius 1 is 1.31 bits per heavy atom. The third kappa shape index (κ3) is 0.679. The van der Waals surface area contributed by atoms with Crippen molar-refractivity contribution in [3.8, 4) is 0 Å². The molecule has 68 valence electrons. The van der Waals surface area contributed by atoms with Gasteiger partial charge in [-0.05, 0) is 17.8 Å². The summed E-state index contributed by atoms with van der Waals surface area (Å²) in [6.07, 6.45) is 4.40. The van der Waals surface area contributed by atoms with Gasteiger partial charge in [0.2, 0.25) is 0 Å². The fourth-order valence-corrected chi connectivity index (χ4v) is 3.22. The largest absolute Gasteiger partial charge is 0.431 e. The topological polar surface area (TPSA) is 26.3 Å². The summed E-state index contributed by atoms with van der Waals surface area (Å²) in [5.41, 5.74) is 0. The van der Waals surface area contributed by atoms with Gasteiger partial charge in [-0.2, -0.15) is 0 Å². The van der Waals surface area contributed by atoms with Gasteiger partial charge < -0.3 is 4.74 Å². The Morgan fingerprint density at radius 3 is 2.54 bits per heavy atom. The first-order valence-electron chi connectivity index (χ1n) is 4.79. The van der Waals surface area contributed by atoms with Crippen LogP contribution in [0.4, 0.5) is 0 Å². The van der Waals surface area contributed by atoms with E-state index in [1.54, 1.807) is 0 Å². The van der Waals surface area contributed by atoms with Crippen LogP contribution in [-0.4, -0.2) is 5.97 Å². The highest BCUT2D eigenvalue weighted by Crippen LogP contribution is 2.57. The fourth-order valence-electron chi connectivity index (χ4n) is 3.22. The van der Waals surface area contributed by atoms with Crippen molar-refractivity contribution in [3.05, 3.63) is 24.5 Å². The van der Waals surface area contributed by atoms with E-state index in [1.807, 2.05) is 0 Å². The zero-order valence-electron chi connectivity index (χ0n) is 7.57. The summed E-state index contributed by atoms with van der Waals surface area (Å²) >= 11 is 0. The van der Waals surface area contributed by atoms with Crippen LogP contribution in [0.3, 0.4) is 0 Å². The van der Waals surface area contributed by atoms with Gasteiger partial charge in [-0.3, -0.25) is 4.79 Å². The van der Waals surface area contributed by atoms with E-state index in [-0.39, 0.29) is 17.8 Å². The van der Waals surface area contributed by atoms with E-state index in [1.165, 1.54) is 0 Å². The lowest BCUT2D eigenvalue weighted by atomic mass is 9.84. The van der Waals surface area contributed by atoms with Crippen molar-refractivity contribution in [2.24, 2.45) is 29.6 Å². The predicted molar refractivity (Wildman–Crippen MR) is 47.5 cm³/mol. The minimum atomic E-state index is -0.0568. The van der Waals surface area contributed by atoms with Gasteiger partial charge in [0.25, 0.3) is 0 Å². The van der Waals surface area contributed by atoms with Crippen LogP contribution in [0.15, 0.2) is 24.5 Å². The van der Waals surface area contributed by atoms with Gasteiger partial charge in [0.1, 0.15) is 5.76 Å². The number of ether oxygens (including phenoxy) is 1. The van der Waals surface area contributed by atoms with Crippen molar-refractivity contribution in [1.29, 1.82) is 0 Å². The molecule has 0 N–H and O–H groups in total. The van der Waals surface area contributed by atoms with Crippen molar-refractivity contribution in [2.75, 3.05) is 0 Å². The lowest BCUT2D eigenvalue weighted by Gasteiger charge is -2.15. The third-order valence-electron chi connectivity index (χ3n) is 3.86. The lowest BCUT2D eigenvalue weighted by Crippen LogP contribution is -2.19.